The highest BCUT2D eigenvalue weighted by Crippen LogP contribution is 2.21. The maximum absolute atomic E-state index is 13.9. The van der Waals surface area contributed by atoms with Gasteiger partial charge in [-0.2, -0.15) is 0 Å². The summed E-state index contributed by atoms with van der Waals surface area (Å²) in [5.74, 6) is 1.78. The number of guanidine groups is 1. The fourth-order valence-corrected chi connectivity index (χ4v) is 3.29. The van der Waals surface area contributed by atoms with Crippen LogP contribution in [0.1, 0.15) is 12.0 Å². The lowest BCUT2D eigenvalue weighted by molar-refractivity contribution is 0.409. The van der Waals surface area contributed by atoms with E-state index in [2.05, 4.69) is 26.7 Å². The molecule has 0 spiro atoms. The summed E-state index contributed by atoms with van der Waals surface area (Å²) in [6.45, 7) is 2.20. The highest BCUT2D eigenvalue weighted by molar-refractivity contribution is 14.0. The molecule has 1 saturated heterocycles. The summed E-state index contributed by atoms with van der Waals surface area (Å²) in [5, 5.41) is 6.75. The number of anilines is 1. The second-order valence-electron chi connectivity index (χ2n) is 6.45. The highest BCUT2D eigenvalue weighted by Gasteiger charge is 2.25. The van der Waals surface area contributed by atoms with E-state index >= 15 is 0 Å². The minimum atomic E-state index is -0.280. The van der Waals surface area contributed by atoms with Gasteiger partial charge in [0.2, 0.25) is 0 Å². The van der Waals surface area contributed by atoms with E-state index in [1.54, 1.807) is 26.4 Å². The van der Waals surface area contributed by atoms with Gasteiger partial charge in [0.1, 0.15) is 5.75 Å². The monoisotopic (exact) mass is 499 g/mol. The van der Waals surface area contributed by atoms with Gasteiger partial charge in [0.15, 0.2) is 17.6 Å². The first-order valence-corrected chi connectivity index (χ1v) is 9.16. The molecule has 3 rings (SSSR count). The minimum absolute atomic E-state index is 0. The van der Waals surface area contributed by atoms with Gasteiger partial charge in [0, 0.05) is 38.9 Å². The number of aromatic nitrogens is 1. The average Bonchev–Trinajstić information content (AvgIpc) is 3.16. The van der Waals surface area contributed by atoms with Crippen molar-refractivity contribution in [2.75, 3.05) is 38.7 Å². The van der Waals surface area contributed by atoms with Gasteiger partial charge in [-0.25, -0.2) is 9.37 Å². The van der Waals surface area contributed by atoms with Gasteiger partial charge in [-0.3, -0.25) is 4.99 Å². The number of methoxy groups -OCH3 is 1. The first-order valence-electron chi connectivity index (χ1n) is 9.16. The zero-order valence-electron chi connectivity index (χ0n) is 16.2. The summed E-state index contributed by atoms with van der Waals surface area (Å²) in [6.07, 6.45) is 3.36. The standard InChI is InChI=1S/C20H26FN5O.HI/c1-22-20(24-12-9-15-6-3-4-8-18(15)27-2)25-16-10-13-26(14-16)19-17(21)7-5-11-23-19;/h3-8,11,16H,9-10,12-14H2,1-2H3,(H2,22,24,25);1H. The SMILES string of the molecule is CN=C(NCCc1ccccc1OC)NC1CCN(c2ncccc2F)C1.I. The van der Waals surface area contributed by atoms with E-state index in [-0.39, 0.29) is 35.8 Å². The number of pyridine rings is 1. The van der Waals surface area contributed by atoms with Crippen LogP contribution in [-0.2, 0) is 6.42 Å². The Bertz CT molecular complexity index is 789. The Morgan fingerprint density at radius 3 is 2.89 bits per heavy atom. The van der Waals surface area contributed by atoms with E-state index in [1.807, 2.05) is 23.1 Å². The Hall–Kier alpha value is -2.10. The molecular weight excluding hydrogens is 472 g/mol. The van der Waals surface area contributed by atoms with Crippen molar-refractivity contribution in [2.45, 2.75) is 18.9 Å². The van der Waals surface area contributed by atoms with Crippen molar-refractivity contribution in [3.8, 4) is 5.75 Å². The van der Waals surface area contributed by atoms with Crippen LogP contribution in [0.5, 0.6) is 5.75 Å². The molecule has 2 aromatic rings. The molecule has 1 unspecified atom stereocenters. The molecule has 1 fully saturated rings. The van der Waals surface area contributed by atoms with Gasteiger partial charge in [-0.15, -0.1) is 24.0 Å². The minimum Gasteiger partial charge on any atom is -0.496 e. The Morgan fingerprint density at radius 1 is 1.32 bits per heavy atom. The summed E-state index contributed by atoms with van der Waals surface area (Å²) in [5.41, 5.74) is 1.15. The molecule has 0 amide bonds. The largest absolute Gasteiger partial charge is 0.496 e. The zero-order chi connectivity index (χ0) is 19.1. The molecule has 0 aliphatic carbocycles. The van der Waals surface area contributed by atoms with Gasteiger partial charge in [-0.1, -0.05) is 18.2 Å². The lowest BCUT2D eigenvalue weighted by Crippen LogP contribution is -2.45. The Kier molecular flexibility index (Phi) is 8.75. The Balaban J connectivity index is 0.00000280. The maximum atomic E-state index is 13.9. The second-order valence-corrected chi connectivity index (χ2v) is 6.45. The molecule has 0 radical (unpaired) electrons. The van der Waals surface area contributed by atoms with Crippen LogP contribution < -0.4 is 20.3 Å². The second kappa shape index (κ2) is 11.0. The van der Waals surface area contributed by atoms with E-state index < -0.39 is 0 Å². The first-order chi connectivity index (χ1) is 13.2. The Labute approximate surface area is 182 Å². The van der Waals surface area contributed by atoms with Crippen LogP contribution in [0.15, 0.2) is 47.6 Å². The maximum Gasteiger partial charge on any atom is 0.191 e. The number of aliphatic imine (C=N–C) groups is 1. The van der Waals surface area contributed by atoms with Gasteiger partial charge >= 0.3 is 0 Å². The van der Waals surface area contributed by atoms with Gasteiger partial charge in [0.05, 0.1) is 7.11 Å². The molecule has 28 heavy (non-hydrogen) atoms. The summed E-state index contributed by atoms with van der Waals surface area (Å²) in [7, 11) is 3.44. The molecule has 1 aliphatic rings. The van der Waals surface area contributed by atoms with Crippen molar-refractivity contribution in [1.29, 1.82) is 0 Å². The lowest BCUT2D eigenvalue weighted by atomic mass is 10.1. The number of rotatable bonds is 6. The first kappa shape index (κ1) is 22.2. The third-order valence-corrected chi connectivity index (χ3v) is 4.67. The molecule has 152 valence electrons. The molecule has 0 bridgehead atoms. The van der Waals surface area contributed by atoms with E-state index in [0.717, 1.165) is 43.2 Å². The number of halogens is 2. The molecule has 6 nitrogen and oxygen atoms in total. The number of hydrogen-bond donors (Lipinski definition) is 2. The quantitative estimate of drug-likeness (QED) is 0.364. The van der Waals surface area contributed by atoms with E-state index in [4.69, 9.17) is 4.74 Å². The van der Waals surface area contributed by atoms with E-state index in [0.29, 0.717) is 12.4 Å². The number of benzene rings is 1. The number of nitrogens with one attached hydrogen (secondary N) is 2. The predicted molar refractivity (Wildman–Crippen MR) is 121 cm³/mol. The van der Waals surface area contributed by atoms with Crippen LogP contribution in [0.2, 0.25) is 0 Å². The number of hydrogen-bond acceptors (Lipinski definition) is 4. The smallest absolute Gasteiger partial charge is 0.191 e. The molecule has 2 heterocycles. The van der Waals surface area contributed by atoms with Crippen LogP contribution in [0.25, 0.3) is 0 Å². The highest BCUT2D eigenvalue weighted by atomic mass is 127. The van der Waals surface area contributed by atoms with Crippen LogP contribution in [0, 0.1) is 5.82 Å². The summed E-state index contributed by atoms with van der Waals surface area (Å²) >= 11 is 0. The zero-order valence-corrected chi connectivity index (χ0v) is 18.5. The number of para-hydroxylation sites is 1. The van der Waals surface area contributed by atoms with Crippen molar-refractivity contribution in [1.82, 2.24) is 15.6 Å². The van der Waals surface area contributed by atoms with Crippen LogP contribution in [0.4, 0.5) is 10.2 Å². The van der Waals surface area contributed by atoms with Crippen molar-refractivity contribution < 1.29 is 9.13 Å². The molecular formula is C20H27FIN5O. The topological polar surface area (TPSA) is 61.8 Å². The van der Waals surface area contributed by atoms with Crippen LogP contribution in [0.3, 0.4) is 0 Å². The molecule has 1 atom stereocenters. The third-order valence-electron chi connectivity index (χ3n) is 4.67. The van der Waals surface area contributed by atoms with E-state index in [9.17, 15) is 4.39 Å². The van der Waals surface area contributed by atoms with Crippen molar-refractivity contribution in [3.63, 3.8) is 0 Å². The fourth-order valence-electron chi connectivity index (χ4n) is 3.29. The molecule has 8 heteroatoms. The summed E-state index contributed by atoms with van der Waals surface area (Å²) in [4.78, 5) is 10.4. The third kappa shape index (κ3) is 5.70. The summed E-state index contributed by atoms with van der Waals surface area (Å²) < 4.78 is 19.3. The van der Waals surface area contributed by atoms with Gasteiger partial charge in [-0.05, 0) is 36.6 Å². The predicted octanol–water partition coefficient (Wildman–Crippen LogP) is 2.83. The molecule has 1 aromatic heterocycles. The number of ether oxygens (including phenoxy) is 1. The average molecular weight is 499 g/mol. The number of nitrogens with zero attached hydrogens (tertiary/aromatic N) is 3. The van der Waals surface area contributed by atoms with E-state index in [1.165, 1.54) is 6.07 Å². The van der Waals surface area contributed by atoms with Crippen LogP contribution >= 0.6 is 24.0 Å². The van der Waals surface area contributed by atoms with Crippen LogP contribution in [-0.4, -0.2) is 50.8 Å². The lowest BCUT2D eigenvalue weighted by Gasteiger charge is -2.20. The summed E-state index contributed by atoms with van der Waals surface area (Å²) in [6, 6.07) is 11.3. The van der Waals surface area contributed by atoms with Crippen molar-refractivity contribution in [2.24, 2.45) is 4.99 Å². The van der Waals surface area contributed by atoms with Crippen molar-refractivity contribution in [3.05, 3.63) is 54.0 Å². The Morgan fingerprint density at radius 2 is 2.14 bits per heavy atom. The molecule has 2 N–H and O–H groups in total. The molecule has 1 aromatic carbocycles. The van der Waals surface area contributed by atoms with Crippen molar-refractivity contribution >= 4 is 35.8 Å². The van der Waals surface area contributed by atoms with Gasteiger partial charge in [0.25, 0.3) is 0 Å². The molecule has 1 aliphatic heterocycles. The fraction of sp³-hybridized carbons (Fsp3) is 0.400. The molecule has 0 saturated carbocycles. The normalized spacial score (nSPS) is 16.5. The van der Waals surface area contributed by atoms with Gasteiger partial charge < -0.3 is 20.3 Å².